The predicted molar refractivity (Wildman–Crippen MR) is 89.3 cm³/mol. The van der Waals surface area contributed by atoms with Gasteiger partial charge in [0.05, 0.1) is 6.26 Å². The highest BCUT2D eigenvalue weighted by Gasteiger charge is 2.28. The lowest BCUT2D eigenvalue weighted by Gasteiger charge is -2.12. The largest absolute Gasteiger partial charge is 0.370 e. The predicted octanol–water partition coefficient (Wildman–Crippen LogP) is 0.590. The Hall–Kier alpha value is -0.0900. The summed E-state index contributed by atoms with van der Waals surface area (Å²) < 4.78 is 24.2. The van der Waals surface area contributed by atoms with Gasteiger partial charge in [0.25, 0.3) is 0 Å². The molecule has 19 heavy (non-hydrogen) atoms. The Labute approximate surface area is 133 Å². The molecule has 114 valence electrons. The van der Waals surface area contributed by atoms with Crippen molar-refractivity contribution in [2.45, 2.75) is 26.2 Å². The highest BCUT2D eigenvalue weighted by Crippen LogP contribution is 2.18. The summed E-state index contributed by atoms with van der Waals surface area (Å²) in [5, 5.41) is 3.04. The molecule has 1 rings (SSSR count). The zero-order chi connectivity index (χ0) is 13.6. The molecule has 8 heteroatoms. The van der Waals surface area contributed by atoms with E-state index in [0.717, 1.165) is 25.8 Å². The van der Waals surface area contributed by atoms with Crippen LogP contribution in [0.1, 0.15) is 26.2 Å². The van der Waals surface area contributed by atoms with Gasteiger partial charge in [-0.1, -0.05) is 13.3 Å². The van der Waals surface area contributed by atoms with Gasteiger partial charge in [0.2, 0.25) is 10.0 Å². The number of guanidine groups is 1. The summed E-state index contributed by atoms with van der Waals surface area (Å²) in [7, 11) is -3.05. The molecule has 0 spiro atoms. The van der Waals surface area contributed by atoms with Crippen molar-refractivity contribution < 1.29 is 8.42 Å². The smallest absolute Gasteiger partial charge is 0.211 e. The van der Waals surface area contributed by atoms with Gasteiger partial charge >= 0.3 is 0 Å². The Morgan fingerprint density at radius 3 is 2.74 bits per heavy atom. The molecule has 0 bridgehead atoms. The van der Waals surface area contributed by atoms with Gasteiger partial charge in [0.15, 0.2) is 5.96 Å². The Balaban J connectivity index is 0.00000324. The van der Waals surface area contributed by atoms with Crippen molar-refractivity contribution in [3.05, 3.63) is 0 Å². The summed E-state index contributed by atoms with van der Waals surface area (Å²) in [6.45, 7) is 4.71. The highest BCUT2D eigenvalue weighted by atomic mass is 127. The first kappa shape index (κ1) is 18.9. The quantitative estimate of drug-likeness (QED) is 0.294. The maximum absolute atomic E-state index is 11.3. The van der Waals surface area contributed by atoms with Crippen LogP contribution < -0.4 is 11.1 Å². The van der Waals surface area contributed by atoms with E-state index in [4.69, 9.17) is 5.73 Å². The third-order valence-electron chi connectivity index (χ3n) is 3.07. The second kappa shape index (κ2) is 8.96. The van der Waals surface area contributed by atoms with Gasteiger partial charge in [-0.15, -0.1) is 24.0 Å². The second-order valence-corrected chi connectivity index (χ2v) is 6.76. The average Bonchev–Trinajstić information content (AvgIpc) is 2.75. The summed E-state index contributed by atoms with van der Waals surface area (Å²) in [6, 6.07) is 0. The van der Waals surface area contributed by atoms with E-state index < -0.39 is 10.0 Å². The molecule has 6 nitrogen and oxygen atoms in total. The van der Waals surface area contributed by atoms with E-state index in [0.29, 0.717) is 25.6 Å². The monoisotopic (exact) mass is 404 g/mol. The van der Waals surface area contributed by atoms with Crippen LogP contribution in [0.5, 0.6) is 0 Å². The van der Waals surface area contributed by atoms with Crippen LogP contribution in [0.4, 0.5) is 0 Å². The van der Waals surface area contributed by atoms with Crippen molar-refractivity contribution in [3.63, 3.8) is 0 Å². The van der Waals surface area contributed by atoms with Crippen molar-refractivity contribution >= 4 is 40.0 Å². The average molecular weight is 404 g/mol. The molecule has 1 atom stereocenters. The second-order valence-electron chi connectivity index (χ2n) is 4.78. The van der Waals surface area contributed by atoms with Crippen LogP contribution in [0, 0.1) is 5.92 Å². The number of aliphatic imine (C=N–C) groups is 1. The van der Waals surface area contributed by atoms with Crippen LogP contribution in [0.2, 0.25) is 0 Å². The molecule has 1 saturated heterocycles. The summed E-state index contributed by atoms with van der Waals surface area (Å²) in [5.74, 6) is 0.743. The van der Waals surface area contributed by atoms with Gasteiger partial charge in [-0.25, -0.2) is 12.7 Å². The molecule has 0 aliphatic carbocycles. The molecule has 0 aromatic heterocycles. The van der Waals surface area contributed by atoms with Crippen LogP contribution in [0.3, 0.4) is 0 Å². The molecule has 0 amide bonds. The number of unbranched alkanes of at least 4 members (excludes halogenated alkanes) is 1. The van der Waals surface area contributed by atoms with Crippen molar-refractivity contribution in [1.82, 2.24) is 9.62 Å². The molecule has 0 aromatic rings. The Morgan fingerprint density at radius 1 is 1.53 bits per heavy atom. The number of nitrogens with zero attached hydrogens (tertiary/aromatic N) is 2. The maximum Gasteiger partial charge on any atom is 0.211 e. The van der Waals surface area contributed by atoms with Crippen LogP contribution in [0.15, 0.2) is 4.99 Å². The first-order valence-corrected chi connectivity index (χ1v) is 8.27. The third kappa shape index (κ3) is 7.31. The summed E-state index contributed by atoms with van der Waals surface area (Å²) in [4.78, 5) is 4.26. The molecular weight excluding hydrogens is 379 g/mol. The van der Waals surface area contributed by atoms with E-state index in [2.05, 4.69) is 17.2 Å². The molecule has 1 aliphatic heterocycles. The Morgan fingerprint density at radius 2 is 2.21 bits per heavy atom. The Bertz CT molecular complexity index is 386. The summed E-state index contributed by atoms with van der Waals surface area (Å²) in [5.41, 5.74) is 5.72. The van der Waals surface area contributed by atoms with E-state index in [1.165, 1.54) is 10.6 Å². The molecule has 3 N–H and O–H groups in total. The van der Waals surface area contributed by atoms with E-state index >= 15 is 0 Å². The topological polar surface area (TPSA) is 87.8 Å². The van der Waals surface area contributed by atoms with E-state index in [-0.39, 0.29) is 29.9 Å². The van der Waals surface area contributed by atoms with Crippen LogP contribution >= 0.6 is 24.0 Å². The first-order chi connectivity index (χ1) is 8.43. The summed E-state index contributed by atoms with van der Waals surface area (Å²) >= 11 is 0. The molecule has 1 unspecified atom stereocenters. The number of sulfonamides is 1. The fraction of sp³-hybridized carbons (Fsp3) is 0.909. The minimum absolute atomic E-state index is 0. The number of nitrogens with two attached hydrogens (primary N) is 1. The lowest BCUT2D eigenvalue weighted by Crippen LogP contribution is -2.33. The molecule has 1 heterocycles. The van der Waals surface area contributed by atoms with E-state index in [1.54, 1.807) is 0 Å². The third-order valence-corrected chi connectivity index (χ3v) is 4.34. The van der Waals surface area contributed by atoms with Gasteiger partial charge in [-0.3, -0.25) is 4.99 Å². The maximum atomic E-state index is 11.3. The normalized spacial score (nSPS) is 21.2. The van der Waals surface area contributed by atoms with Gasteiger partial charge in [0, 0.05) is 26.2 Å². The van der Waals surface area contributed by atoms with Crippen LogP contribution in [0.25, 0.3) is 0 Å². The van der Waals surface area contributed by atoms with Crippen LogP contribution in [-0.4, -0.2) is 51.1 Å². The standard InChI is InChI=1S/C11H24N4O2S.HI/c1-3-4-6-13-11(12)14-8-10-5-7-15(9-10)18(2,16)17;/h10H,3-9H2,1-2H3,(H3,12,13,14);1H. The molecule has 1 aliphatic rings. The van der Waals surface area contributed by atoms with E-state index in [9.17, 15) is 8.42 Å². The van der Waals surface area contributed by atoms with E-state index in [1.807, 2.05) is 0 Å². The number of hydrogen-bond donors (Lipinski definition) is 2. The SMILES string of the molecule is CCCCNC(N)=NCC1CCN(S(C)(=O)=O)C1.I. The number of hydrogen-bond acceptors (Lipinski definition) is 3. The zero-order valence-electron chi connectivity index (χ0n) is 11.6. The van der Waals surface area contributed by atoms with Gasteiger partial charge in [-0.05, 0) is 18.8 Å². The van der Waals surface area contributed by atoms with Crippen molar-refractivity contribution in [1.29, 1.82) is 0 Å². The lowest BCUT2D eigenvalue weighted by atomic mass is 10.1. The number of rotatable bonds is 6. The van der Waals surface area contributed by atoms with Gasteiger partial charge in [-0.2, -0.15) is 0 Å². The minimum Gasteiger partial charge on any atom is -0.370 e. The lowest BCUT2D eigenvalue weighted by molar-refractivity contribution is 0.464. The zero-order valence-corrected chi connectivity index (χ0v) is 14.8. The number of nitrogens with one attached hydrogen (secondary N) is 1. The fourth-order valence-corrected chi connectivity index (χ4v) is 2.84. The highest BCUT2D eigenvalue weighted by molar-refractivity contribution is 14.0. The first-order valence-electron chi connectivity index (χ1n) is 6.42. The van der Waals surface area contributed by atoms with Crippen molar-refractivity contribution in [2.75, 3.05) is 32.4 Å². The minimum atomic E-state index is -3.05. The van der Waals surface area contributed by atoms with Gasteiger partial charge < -0.3 is 11.1 Å². The molecular formula is C11H25IN4O2S. The molecule has 0 saturated carbocycles. The van der Waals surface area contributed by atoms with Crippen molar-refractivity contribution in [3.8, 4) is 0 Å². The van der Waals surface area contributed by atoms with Gasteiger partial charge in [0.1, 0.15) is 0 Å². The number of halogens is 1. The molecule has 0 aromatic carbocycles. The Kier molecular flexibility index (Phi) is 8.92. The molecule has 0 radical (unpaired) electrons. The van der Waals surface area contributed by atoms with Crippen molar-refractivity contribution in [2.24, 2.45) is 16.6 Å². The fourth-order valence-electron chi connectivity index (χ4n) is 1.92. The summed E-state index contributed by atoms with van der Waals surface area (Å²) in [6.07, 6.45) is 4.30. The van der Waals surface area contributed by atoms with Crippen LogP contribution in [-0.2, 0) is 10.0 Å². The molecule has 1 fully saturated rings.